The van der Waals surface area contributed by atoms with Gasteiger partial charge in [-0.2, -0.15) is 22.8 Å². The molecule has 2 aromatic carbocycles. The molecular formula is C23H24N4S. The summed E-state index contributed by atoms with van der Waals surface area (Å²) >= 11 is 4.99. The molecule has 0 saturated carbocycles. The maximum absolute atomic E-state index is 4.99. The molecule has 4 aromatic rings. The fourth-order valence-corrected chi connectivity index (χ4v) is 3.79. The minimum atomic E-state index is -0.401. The van der Waals surface area contributed by atoms with Crippen LogP contribution in [0.5, 0.6) is 0 Å². The highest BCUT2D eigenvalue weighted by Gasteiger charge is 2.32. The molecule has 1 unspecified atom stereocenters. The van der Waals surface area contributed by atoms with Gasteiger partial charge in [0.15, 0.2) is 0 Å². The van der Waals surface area contributed by atoms with E-state index in [1.54, 1.807) is 6.20 Å². The second kappa shape index (κ2) is 7.13. The van der Waals surface area contributed by atoms with Gasteiger partial charge in [-0.15, -0.1) is 0 Å². The minimum absolute atomic E-state index is 0.175. The molecule has 0 fully saturated rings. The number of nitrogens with zero attached hydrogens (tertiary/aromatic N) is 4. The Labute approximate surface area is 170 Å². The minimum Gasteiger partial charge on any atom is -0.240 e. The van der Waals surface area contributed by atoms with Gasteiger partial charge in [0.2, 0.25) is 0 Å². The molecule has 0 aliphatic rings. The molecule has 1 atom stereocenters. The van der Waals surface area contributed by atoms with E-state index < -0.39 is 4.75 Å². The fraction of sp³-hybridized carbons (Fsp3) is 0.304. The first-order valence-corrected chi connectivity index (χ1v) is 9.97. The maximum atomic E-state index is 4.99. The highest BCUT2D eigenvalue weighted by atomic mass is 32.1. The Bertz CT molecular complexity index is 1130. The predicted molar refractivity (Wildman–Crippen MR) is 118 cm³/mol. The zero-order chi connectivity index (χ0) is 19.8. The third-order valence-corrected chi connectivity index (χ3v) is 5.85. The lowest BCUT2D eigenvalue weighted by Gasteiger charge is -2.29. The summed E-state index contributed by atoms with van der Waals surface area (Å²) in [5.74, 6) is 0.860. The number of aromatic nitrogens is 4. The number of hydrogen-bond acceptors (Lipinski definition) is 5. The van der Waals surface area contributed by atoms with Gasteiger partial charge in [-0.25, -0.2) is 9.97 Å². The number of hydrogen-bond donors (Lipinski definition) is 1. The molecule has 0 radical (unpaired) electrons. The fourth-order valence-electron chi connectivity index (χ4n) is 3.51. The van der Waals surface area contributed by atoms with Crippen LogP contribution in [0.15, 0.2) is 60.9 Å². The van der Waals surface area contributed by atoms with E-state index in [2.05, 4.69) is 48.1 Å². The summed E-state index contributed by atoms with van der Waals surface area (Å²) in [6.07, 6.45) is 5.43. The highest BCUT2D eigenvalue weighted by molar-refractivity contribution is 7.81. The number of fused-ring (bicyclic) bond motifs is 2. The van der Waals surface area contributed by atoms with Crippen molar-refractivity contribution in [3.8, 4) is 0 Å². The molecule has 0 N–H and O–H groups in total. The zero-order valence-electron chi connectivity index (χ0n) is 16.4. The molecule has 0 spiro atoms. The third kappa shape index (κ3) is 3.59. The van der Waals surface area contributed by atoms with Gasteiger partial charge < -0.3 is 0 Å². The normalized spacial score (nSPS) is 14.3. The van der Waals surface area contributed by atoms with Crippen molar-refractivity contribution in [1.29, 1.82) is 0 Å². The van der Waals surface area contributed by atoms with Gasteiger partial charge in [0.05, 0.1) is 22.2 Å². The first-order valence-electron chi connectivity index (χ1n) is 9.52. The lowest BCUT2D eigenvalue weighted by molar-refractivity contribution is 0.404. The number of rotatable bonds is 5. The largest absolute Gasteiger partial charge is 0.240 e. The Morgan fingerprint density at radius 2 is 1.57 bits per heavy atom. The molecule has 4 nitrogen and oxygen atoms in total. The maximum Gasteiger partial charge on any atom is 0.134 e. The van der Waals surface area contributed by atoms with E-state index in [1.165, 1.54) is 0 Å². The van der Waals surface area contributed by atoms with Gasteiger partial charge >= 0.3 is 0 Å². The van der Waals surface area contributed by atoms with Gasteiger partial charge in [0.1, 0.15) is 5.82 Å². The van der Waals surface area contributed by atoms with Crippen molar-refractivity contribution in [2.24, 2.45) is 0 Å². The van der Waals surface area contributed by atoms with Gasteiger partial charge in [-0.1, -0.05) is 56.3 Å². The van der Waals surface area contributed by atoms with Gasteiger partial charge in [0.25, 0.3) is 0 Å². The molecule has 28 heavy (non-hydrogen) atoms. The average Bonchev–Trinajstić information content (AvgIpc) is 2.71. The van der Waals surface area contributed by atoms with Crippen LogP contribution in [-0.4, -0.2) is 20.2 Å². The van der Waals surface area contributed by atoms with Crippen molar-refractivity contribution in [2.75, 3.05) is 0 Å². The molecular weight excluding hydrogens is 364 g/mol. The summed E-state index contributed by atoms with van der Waals surface area (Å²) in [4.78, 5) is 9.44. The summed E-state index contributed by atoms with van der Waals surface area (Å²) in [6, 6.07) is 16.3. The lowest BCUT2D eigenvalue weighted by Crippen LogP contribution is -2.26. The SMILES string of the molecule is CC(C)(CCC(C)(S)c1nncc2ccccc12)c1ncc2ccccc2n1. The van der Waals surface area contributed by atoms with Crippen molar-refractivity contribution in [3.05, 3.63) is 72.4 Å². The Morgan fingerprint density at radius 1 is 0.857 bits per heavy atom. The van der Waals surface area contributed by atoms with Gasteiger partial charge in [-0.3, -0.25) is 0 Å². The standard InChI is InChI=1S/C23H24N4S/c1-22(2,21-24-14-17-9-5-7-11-19(17)26-21)12-13-23(3,28)20-18-10-6-4-8-16(18)15-25-27-20/h4-11,14-15,28H,12-13H2,1-3H3. The molecule has 0 aliphatic heterocycles. The van der Waals surface area contributed by atoms with Crippen molar-refractivity contribution < 1.29 is 0 Å². The molecule has 2 heterocycles. The van der Waals surface area contributed by atoms with Crippen LogP contribution >= 0.6 is 12.6 Å². The topological polar surface area (TPSA) is 51.6 Å². The number of benzene rings is 2. The Hall–Kier alpha value is -2.53. The van der Waals surface area contributed by atoms with Crippen molar-refractivity contribution >= 4 is 34.3 Å². The Morgan fingerprint density at radius 3 is 2.39 bits per heavy atom. The molecule has 0 aliphatic carbocycles. The van der Waals surface area contributed by atoms with E-state index in [4.69, 9.17) is 17.6 Å². The average molecular weight is 389 g/mol. The first kappa shape index (κ1) is 18.8. The lowest BCUT2D eigenvalue weighted by atomic mass is 9.82. The van der Waals surface area contributed by atoms with Crippen molar-refractivity contribution in [3.63, 3.8) is 0 Å². The Kier molecular flexibility index (Phi) is 4.79. The van der Waals surface area contributed by atoms with E-state index in [1.807, 2.05) is 42.6 Å². The summed E-state index contributed by atoms with van der Waals surface area (Å²) in [6.45, 7) is 6.50. The molecule has 0 bridgehead atoms. The van der Waals surface area contributed by atoms with Crippen LogP contribution in [-0.2, 0) is 10.2 Å². The van der Waals surface area contributed by atoms with Gasteiger partial charge in [0, 0.05) is 27.8 Å². The van der Waals surface area contributed by atoms with E-state index >= 15 is 0 Å². The summed E-state index contributed by atoms with van der Waals surface area (Å²) in [5, 5.41) is 11.9. The third-order valence-electron chi connectivity index (χ3n) is 5.41. The van der Waals surface area contributed by atoms with E-state index in [9.17, 15) is 0 Å². The van der Waals surface area contributed by atoms with Crippen LogP contribution in [0.25, 0.3) is 21.7 Å². The van der Waals surface area contributed by atoms with Crippen molar-refractivity contribution in [2.45, 2.75) is 43.8 Å². The van der Waals surface area contributed by atoms with Crippen LogP contribution in [0.2, 0.25) is 0 Å². The van der Waals surface area contributed by atoms with Crippen LogP contribution in [0.4, 0.5) is 0 Å². The predicted octanol–water partition coefficient (Wildman–Crippen LogP) is 5.48. The highest BCUT2D eigenvalue weighted by Crippen LogP contribution is 2.39. The van der Waals surface area contributed by atoms with E-state index in [-0.39, 0.29) is 5.41 Å². The number of thiol groups is 1. The molecule has 0 saturated heterocycles. The van der Waals surface area contributed by atoms with E-state index in [0.29, 0.717) is 0 Å². The van der Waals surface area contributed by atoms with Crippen LogP contribution in [0.3, 0.4) is 0 Å². The van der Waals surface area contributed by atoms with E-state index in [0.717, 1.165) is 46.0 Å². The molecule has 4 rings (SSSR count). The number of para-hydroxylation sites is 1. The van der Waals surface area contributed by atoms with Crippen LogP contribution in [0, 0.1) is 0 Å². The molecule has 5 heteroatoms. The first-order chi connectivity index (χ1) is 13.4. The quantitative estimate of drug-likeness (QED) is 0.460. The second-order valence-corrected chi connectivity index (χ2v) is 9.18. The summed E-state index contributed by atoms with van der Waals surface area (Å²) in [5.41, 5.74) is 1.73. The molecule has 2 aromatic heterocycles. The summed E-state index contributed by atoms with van der Waals surface area (Å²) < 4.78 is -0.401. The second-order valence-electron chi connectivity index (χ2n) is 8.19. The molecule has 142 valence electrons. The smallest absolute Gasteiger partial charge is 0.134 e. The molecule has 0 amide bonds. The summed E-state index contributed by atoms with van der Waals surface area (Å²) in [7, 11) is 0. The van der Waals surface area contributed by atoms with Crippen molar-refractivity contribution in [1.82, 2.24) is 20.2 Å². The van der Waals surface area contributed by atoms with Crippen LogP contribution in [0.1, 0.15) is 45.1 Å². The van der Waals surface area contributed by atoms with Crippen LogP contribution < -0.4 is 0 Å². The zero-order valence-corrected chi connectivity index (χ0v) is 17.3. The Balaban J connectivity index is 1.60. The van der Waals surface area contributed by atoms with Gasteiger partial charge in [-0.05, 0) is 25.8 Å². The monoisotopic (exact) mass is 388 g/mol.